The van der Waals surface area contributed by atoms with Gasteiger partial charge < -0.3 is 4.52 Å². The lowest BCUT2D eigenvalue weighted by molar-refractivity contribution is 0.268. The van der Waals surface area contributed by atoms with E-state index < -0.39 is 13.3 Å². The molecule has 1 aliphatic carbocycles. The highest BCUT2D eigenvalue weighted by Crippen LogP contribution is 2.54. The van der Waals surface area contributed by atoms with Crippen molar-refractivity contribution in [2.75, 3.05) is 6.61 Å². The first-order chi connectivity index (χ1) is 5.02. The van der Waals surface area contributed by atoms with Crippen molar-refractivity contribution < 1.29 is 13.3 Å². The summed E-state index contributed by atoms with van der Waals surface area (Å²) < 4.78 is 28.6. The first kappa shape index (κ1) is 9.21. The summed E-state index contributed by atoms with van der Waals surface area (Å²) in [6.45, 7) is 3.49. The molecule has 0 heterocycles. The molecule has 1 unspecified atom stereocenters. The molecule has 4 heteroatoms. The molecule has 66 valence electrons. The second-order valence-electron chi connectivity index (χ2n) is 3.35. The zero-order valence-corrected chi connectivity index (χ0v) is 7.81. The summed E-state index contributed by atoms with van der Waals surface area (Å²) in [5, 5.41) is 0. The fourth-order valence-electron chi connectivity index (χ4n) is 0.641. The number of hydrogen-bond donors (Lipinski definition) is 0. The molecule has 2 nitrogen and oxygen atoms in total. The third kappa shape index (κ3) is 2.92. The average molecular weight is 180 g/mol. The van der Waals surface area contributed by atoms with E-state index in [-0.39, 0.29) is 0 Å². The summed E-state index contributed by atoms with van der Waals surface area (Å²) in [4.78, 5) is 0. The molecule has 0 N–H and O–H groups in total. The Hall–Kier alpha value is 0.120. The summed E-state index contributed by atoms with van der Waals surface area (Å²) in [6.07, 6.45) is 2.19. The van der Waals surface area contributed by atoms with E-state index in [0.29, 0.717) is 12.5 Å². The summed E-state index contributed by atoms with van der Waals surface area (Å²) in [5.41, 5.74) is -0.499. The Bertz CT molecular complexity index is 177. The summed E-state index contributed by atoms with van der Waals surface area (Å²) in [5.74, 6) is 0.470. The van der Waals surface area contributed by atoms with E-state index in [4.69, 9.17) is 4.52 Å². The largest absolute Gasteiger partial charge is 0.369 e. The van der Waals surface area contributed by atoms with E-state index in [0.717, 1.165) is 12.8 Å². The van der Waals surface area contributed by atoms with Gasteiger partial charge in [0.15, 0.2) is 0 Å². The van der Waals surface area contributed by atoms with Crippen LogP contribution in [0.2, 0.25) is 0 Å². The highest BCUT2D eigenvalue weighted by molar-refractivity contribution is 7.54. The Labute approximate surface area is 66.7 Å². The minimum absolute atomic E-state index is 0.339. The van der Waals surface area contributed by atoms with E-state index in [1.165, 1.54) is 0 Å². The first-order valence-corrected chi connectivity index (χ1v) is 5.55. The molecule has 0 bridgehead atoms. The van der Waals surface area contributed by atoms with E-state index in [1.807, 2.05) is 0 Å². The van der Waals surface area contributed by atoms with Crippen molar-refractivity contribution in [3.63, 3.8) is 0 Å². The second kappa shape index (κ2) is 3.24. The topological polar surface area (TPSA) is 26.3 Å². The summed E-state index contributed by atoms with van der Waals surface area (Å²) in [6, 6.07) is 0. The van der Waals surface area contributed by atoms with Gasteiger partial charge in [-0.15, -0.1) is 0 Å². The van der Waals surface area contributed by atoms with Gasteiger partial charge in [0.25, 0.3) is 0 Å². The molecular weight excluding hydrogens is 166 g/mol. The molecule has 11 heavy (non-hydrogen) atoms. The van der Waals surface area contributed by atoms with Crippen molar-refractivity contribution in [3.05, 3.63) is 0 Å². The third-order valence-electron chi connectivity index (χ3n) is 1.80. The molecule has 0 aromatic heterocycles. The van der Waals surface area contributed by atoms with Gasteiger partial charge in [0.05, 0.1) is 12.3 Å². The third-order valence-corrected chi connectivity index (χ3v) is 3.53. The standard InChI is InChI=1S/C7H14FO2P/c1-6(2)11(8,9)10-5-7-3-4-7/h6-7H,3-5H2,1-2H3. The van der Waals surface area contributed by atoms with Crippen molar-refractivity contribution in [1.29, 1.82) is 0 Å². The fourth-order valence-corrected chi connectivity index (χ4v) is 1.35. The SMILES string of the molecule is CC(C)P(=O)(F)OCC1CC1. The number of hydrogen-bond acceptors (Lipinski definition) is 2. The molecule has 0 amide bonds. The number of rotatable bonds is 4. The molecule has 0 aromatic carbocycles. The number of halogens is 1. The van der Waals surface area contributed by atoms with Crippen LogP contribution in [-0.4, -0.2) is 12.3 Å². The minimum atomic E-state index is -3.78. The quantitative estimate of drug-likeness (QED) is 0.621. The maximum absolute atomic E-state index is 12.9. The lowest BCUT2D eigenvalue weighted by atomic mass is 10.5. The van der Waals surface area contributed by atoms with Gasteiger partial charge >= 0.3 is 7.68 Å². The van der Waals surface area contributed by atoms with Gasteiger partial charge in [-0.3, -0.25) is 4.57 Å². The van der Waals surface area contributed by atoms with E-state index >= 15 is 0 Å². The maximum atomic E-state index is 12.9. The zero-order chi connectivity index (χ0) is 8.48. The van der Waals surface area contributed by atoms with Gasteiger partial charge in [0.1, 0.15) is 0 Å². The van der Waals surface area contributed by atoms with Gasteiger partial charge in [-0.05, 0) is 18.8 Å². The van der Waals surface area contributed by atoms with Gasteiger partial charge in [-0.1, -0.05) is 13.8 Å². The average Bonchev–Trinajstić information content (AvgIpc) is 2.65. The molecule has 0 saturated heterocycles. The van der Waals surface area contributed by atoms with Crippen LogP contribution in [0.5, 0.6) is 0 Å². The minimum Gasteiger partial charge on any atom is -0.305 e. The molecule has 1 atom stereocenters. The smallest absolute Gasteiger partial charge is 0.305 e. The summed E-state index contributed by atoms with van der Waals surface area (Å²) >= 11 is 0. The second-order valence-corrected chi connectivity index (χ2v) is 5.69. The molecule has 1 aliphatic rings. The van der Waals surface area contributed by atoms with Crippen LogP contribution in [-0.2, 0) is 9.09 Å². The highest BCUT2D eigenvalue weighted by atomic mass is 31.2. The van der Waals surface area contributed by atoms with Crippen molar-refractivity contribution >= 4 is 7.68 Å². The Morgan fingerprint density at radius 3 is 2.55 bits per heavy atom. The van der Waals surface area contributed by atoms with Crippen LogP contribution >= 0.6 is 7.68 Å². The molecular formula is C7H14FO2P. The molecule has 1 saturated carbocycles. The van der Waals surface area contributed by atoms with E-state index in [9.17, 15) is 8.76 Å². The van der Waals surface area contributed by atoms with Crippen LogP contribution in [0.3, 0.4) is 0 Å². The molecule has 1 rings (SSSR count). The lowest BCUT2D eigenvalue weighted by Crippen LogP contribution is -2.00. The predicted molar refractivity (Wildman–Crippen MR) is 42.5 cm³/mol. The van der Waals surface area contributed by atoms with Crippen LogP contribution in [0.25, 0.3) is 0 Å². The predicted octanol–water partition coefficient (Wildman–Crippen LogP) is 2.98. The van der Waals surface area contributed by atoms with Crippen LogP contribution < -0.4 is 0 Å². The first-order valence-electron chi connectivity index (χ1n) is 3.96. The van der Waals surface area contributed by atoms with Gasteiger partial charge in [-0.2, -0.15) is 4.20 Å². The Morgan fingerprint density at radius 1 is 1.64 bits per heavy atom. The monoisotopic (exact) mass is 180 g/mol. The maximum Gasteiger partial charge on any atom is 0.369 e. The van der Waals surface area contributed by atoms with Crippen LogP contribution in [0, 0.1) is 5.92 Å². The van der Waals surface area contributed by atoms with Crippen molar-refractivity contribution in [3.8, 4) is 0 Å². The Balaban J connectivity index is 2.26. The van der Waals surface area contributed by atoms with E-state index in [2.05, 4.69) is 0 Å². The zero-order valence-electron chi connectivity index (χ0n) is 6.92. The van der Waals surface area contributed by atoms with Crippen LogP contribution in [0.15, 0.2) is 0 Å². The molecule has 0 spiro atoms. The molecule has 0 radical (unpaired) electrons. The van der Waals surface area contributed by atoms with Crippen molar-refractivity contribution in [2.45, 2.75) is 32.3 Å². The lowest BCUT2D eigenvalue weighted by Gasteiger charge is -2.12. The van der Waals surface area contributed by atoms with Crippen LogP contribution in [0.1, 0.15) is 26.7 Å². The molecule has 1 fully saturated rings. The molecule has 0 aliphatic heterocycles. The van der Waals surface area contributed by atoms with Crippen LogP contribution in [0.4, 0.5) is 4.20 Å². The normalized spacial score (nSPS) is 23.6. The van der Waals surface area contributed by atoms with Gasteiger partial charge in [0.2, 0.25) is 0 Å². The Kier molecular flexibility index (Phi) is 2.71. The van der Waals surface area contributed by atoms with Gasteiger partial charge in [0, 0.05) is 0 Å². The Morgan fingerprint density at radius 2 is 2.18 bits per heavy atom. The van der Waals surface area contributed by atoms with Gasteiger partial charge in [-0.25, -0.2) is 0 Å². The van der Waals surface area contributed by atoms with E-state index in [1.54, 1.807) is 13.8 Å². The highest BCUT2D eigenvalue weighted by Gasteiger charge is 2.31. The fraction of sp³-hybridized carbons (Fsp3) is 1.00. The summed E-state index contributed by atoms with van der Waals surface area (Å²) in [7, 11) is -3.78. The van der Waals surface area contributed by atoms with Crippen molar-refractivity contribution in [1.82, 2.24) is 0 Å². The van der Waals surface area contributed by atoms with Crippen molar-refractivity contribution in [2.24, 2.45) is 5.92 Å². The molecule has 0 aromatic rings.